The van der Waals surface area contributed by atoms with Crippen molar-refractivity contribution < 1.29 is 13.2 Å². The fourth-order valence-corrected chi connectivity index (χ4v) is 2.24. The van der Waals surface area contributed by atoms with E-state index in [0.717, 1.165) is 12.1 Å². The van der Waals surface area contributed by atoms with Crippen LogP contribution in [0, 0.1) is 18.3 Å². The van der Waals surface area contributed by atoms with E-state index in [4.69, 9.17) is 5.26 Å². The third-order valence-corrected chi connectivity index (χ3v) is 3.01. The fourth-order valence-electron chi connectivity index (χ4n) is 2.24. The Kier molecular flexibility index (Phi) is 2.93. The molecule has 0 atom stereocenters. The molecule has 2 rings (SSSR count). The van der Waals surface area contributed by atoms with Crippen molar-refractivity contribution in [3.05, 3.63) is 35.0 Å². The average molecular weight is 267 g/mol. The van der Waals surface area contributed by atoms with Crippen molar-refractivity contribution in [2.45, 2.75) is 13.1 Å². The number of fused-ring (bicyclic) bond motifs is 1. The largest absolute Gasteiger partial charge is 0.416 e. The third kappa shape index (κ3) is 2.01. The Morgan fingerprint density at radius 3 is 2.37 bits per heavy atom. The first-order valence-corrected chi connectivity index (χ1v) is 5.57. The van der Waals surface area contributed by atoms with E-state index in [1.54, 1.807) is 30.7 Å². The highest BCUT2D eigenvalue weighted by Gasteiger charge is 2.31. The summed E-state index contributed by atoms with van der Waals surface area (Å²) in [6.45, 7) is 1.71. The van der Waals surface area contributed by atoms with Crippen LogP contribution in [0.25, 0.3) is 10.9 Å². The number of rotatable bonds is 1. The summed E-state index contributed by atoms with van der Waals surface area (Å²) in [5, 5.41) is 11.2. The molecular formula is C13H12F3N3. The number of alkyl halides is 3. The highest BCUT2D eigenvalue weighted by atomic mass is 19.4. The molecule has 0 saturated carbocycles. The van der Waals surface area contributed by atoms with Crippen LogP contribution >= 0.6 is 0 Å². The standard InChI is InChI=1S/C13H12F3N3/c1-8-11(7-17)10-6-9(13(14,15)16)4-5-12(10)19(8)18(2)3/h4-6H,1-3H3. The molecule has 1 aromatic heterocycles. The van der Waals surface area contributed by atoms with Gasteiger partial charge in [-0.25, -0.2) is 0 Å². The van der Waals surface area contributed by atoms with Crippen LogP contribution in [0.2, 0.25) is 0 Å². The van der Waals surface area contributed by atoms with Crippen molar-refractivity contribution in [2.24, 2.45) is 0 Å². The second kappa shape index (κ2) is 4.19. The Labute approximate surface area is 108 Å². The van der Waals surface area contributed by atoms with Gasteiger partial charge in [0.05, 0.1) is 22.3 Å². The summed E-state index contributed by atoms with van der Waals surface area (Å²) in [6, 6.07) is 5.43. The van der Waals surface area contributed by atoms with E-state index in [1.165, 1.54) is 6.07 Å². The van der Waals surface area contributed by atoms with Crippen LogP contribution in [0.1, 0.15) is 16.8 Å². The van der Waals surface area contributed by atoms with E-state index >= 15 is 0 Å². The normalized spacial score (nSPS) is 11.6. The monoisotopic (exact) mass is 267 g/mol. The predicted octanol–water partition coefficient (Wildman–Crippen LogP) is 3.04. The lowest BCUT2D eigenvalue weighted by molar-refractivity contribution is -0.137. The maximum atomic E-state index is 12.7. The van der Waals surface area contributed by atoms with Gasteiger partial charge in [0.2, 0.25) is 0 Å². The Morgan fingerprint density at radius 1 is 1.26 bits per heavy atom. The number of hydrogen-bond acceptors (Lipinski definition) is 2. The van der Waals surface area contributed by atoms with E-state index in [-0.39, 0.29) is 5.56 Å². The quantitative estimate of drug-likeness (QED) is 0.795. The highest BCUT2D eigenvalue weighted by Crippen LogP contribution is 2.34. The SMILES string of the molecule is Cc1c(C#N)c2cc(C(F)(F)F)ccc2n1N(C)C. The Balaban J connectivity index is 2.84. The van der Waals surface area contributed by atoms with Gasteiger partial charge in [0.25, 0.3) is 0 Å². The molecular weight excluding hydrogens is 255 g/mol. The first-order chi connectivity index (χ1) is 8.77. The minimum absolute atomic E-state index is 0.273. The maximum Gasteiger partial charge on any atom is 0.416 e. The smallest absolute Gasteiger partial charge is 0.319 e. The van der Waals surface area contributed by atoms with Gasteiger partial charge in [0.15, 0.2) is 0 Å². The molecule has 6 heteroatoms. The van der Waals surface area contributed by atoms with Crippen LogP contribution in [-0.4, -0.2) is 18.8 Å². The topological polar surface area (TPSA) is 32.0 Å². The van der Waals surface area contributed by atoms with Gasteiger partial charge in [-0.15, -0.1) is 0 Å². The minimum Gasteiger partial charge on any atom is -0.319 e. The van der Waals surface area contributed by atoms with Crippen molar-refractivity contribution in [3.63, 3.8) is 0 Å². The molecule has 0 fully saturated rings. The van der Waals surface area contributed by atoms with Crippen LogP contribution in [0.4, 0.5) is 13.2 Å². The zero-order chi connectivity index (χ0) is 14.4. The van der Waals surface area contributed by atoms with Crippen molar-refractivity contribution >= 4 is 10.9 Å². The van der Waals surface area contributed by atoms with Crippen LogP contribution in [-0.2, 0) is 6.18 Å². The van der Waals surface area contributed by atoms with Gasteiger partial charge in [-0.1, -0.05) is 0 Å². The molecule has 0 aliphatic carbocycles. The molecule has 2 aromatic rings. The van der Waals surface area contributed by atoms with E-state index in [2.05, 4.69) is 0 Å². The Bertz CT molecular complexity index is 675. The number of nitrogens with zero attached hydrogens (tertiary/aromatic N) is 3. The van der Waals surface area contributed by atoms with Crippen LogP contribution in [0.15, 0.2) is 18.2 Å². The second-order valence-electron chi connectivity index (χ2n) is 4.46. The number of benzene rings is 1. The van der Waals surface area contributed by atoms with E-state index in [1.807, 2.05) is 6.07 Å². The molecule has 0 N–H and O–H groups in total. The molecule has 0 spiro atoms. The van der Waals surface area contributed by atoms with Crippen molar-refractivity contribution in [1.82, 2.24) is 4.68 Å². The van der Waals surface area contributed by atoms with Gasteiger partial charge in [0.1, 0.15) is 6.07 Å². The summed E-state index contributed by atoms with van der Waals surface area (Å²) >= 11 is 0. The fraction of sp³-hybridized carbons (Fsp3) is 0.308. The van der Waals surface area contributed by atoms with E-state index in [0.29, 0.717) is 16.6 Å². The third-order valence-electron chi connectivity index (χ3n) is 3.01. The highest BCUT2D eigenvalue weighted by molar-refractivity contribution is 5.89. The maximum absolute atomic E-state index is 12.7. The number of halogens is 3. The summed E-state index contributed by atoms with van der Waals surface area (Å²) in [5.74, 6) is 0. The van der Waals surface area contributed by atoms with Crippen LogP contribution in [0.5, 0.6) is 0 Å². The van der Waals surface area contributed by atoms with Gasteiger partial charge in [0, 0.05) is 19.5 Å². The lowest BCUT2D eigenvalue weighted by atomic mass is 10.1. The van der Waals surface area contributed by atoms with Crippen molar-refractivity contribution in [1.29, 1.82) is 5.26 Å². The lowest BCUT2D eigenvalue weighted by Gasteiger charge is -2.18. The summed E-state index contributed by atoms with van der Waals surface area (Å²) in [5.41, 5.74) is 0.746. The molecule has 0 aliphatic rings. The van der Waals surface area contributed by atoms with Crippen LogP contribution in [0.3, 0.4) is 0 Å². The number of nitriles is 1. The van der Waals surface area contributed by atoms with Gasteiger partial charge in [-0.05, 0) is 25.1 Å². The lowest BCUT2D eigenvalue weighted by Crippen LogP contribution is -2.25. The van der Waals surface area contributed by atoms with E-state index < -0.39 is 11.7 Å². The molecule has 19 heavy (non-hydrogen) atoms. The zero-order valence-corrected chi connectivity index (χ0v) is 10.7. The zero-order valence-electron chi connectivity index (χ0n) is 10.7. The molecule has 3 nitrogen and oxygen atoms in total. The number of hydrogen-bond donors (Lipinski definition) is 0. The van der Waals surface area contributed by atoms with Gasteiger partial charge < -0.3 is 5.01 Å². The van der Waals surface area contributed by atoms with Gasteiger partial charge >= 0.3 is 6.18 Å². The van der Waals surface area contributed by atoms with Crippen molar-refractivity contribution in [3.8, 4) is 6.07 Å². The predicted molar refractivity (Wildman–Crippen MR) is 66.5 cm³/mol. The summed E-state index contributed by atoms with van der Waals surface area (Å²) in [4.78, 5) is 0. The molecule has 0 amide bonds. The number of aromatic nitrogens is 1. The van der Waals surface area contributed by atoms with Crippen LogP contribution < -0.4 is 5.01 Å². The molecule has 100 valence electrons. The Hall–Kier alpha value is -2.16. The molecule has 0 aliphatic heterocycles. The first kappa shape index (κ1) is 13.3. The minimum atomic E-state index is -4.41. The molecule has 1 heterocycles. The molecule has 0 bridgehead atoms. The summed E-state index contributed by atoms with van der Waals surface area (Å²) in [7, 11) is 3.54. The Morgan fingerprint density at radius 2 is 1.89 bits per heavy atom. The summed E-state index contributed by atoms with van der Waals surface area (Å²) < 4.78 is 39.9. The first-order valence-electron chi connectivity index (χ1n) is 5.57. The molecule has 0 saturated heterocycles. The average Bonchev–Trinajstić information content (AvgIpc) is 2.58. The van der Waals surface area contributed by atoms with Crippen molar-refractivity contribution in [2.75, 3.05) is 19.1 Å². The molecule has 0 unspecified atom stereocenters. The molecule has 0 radical (unpaired) electrons. The van der Waals surface area contributed by atoms with Gasteiger partial charge in [-0.2, -0.15) is 18.4 Å². The summed E-state index contributed by atoms with van der Waals surface area (Å²) in [6.07, 6.45) is -4.41. The van der Waals surface area contributed by atoms with E-state index in [9.17, 15) is 13.2 Å². The van der Waals surface area contributed by atoms with Gasteiger partial charge in [-0.3, -0.25) is 4.68 Å². The second-order valence-corrected chi connectivity index (χ2v) is 4.46. The molecule has 1 aromatic carbocycles.